The first kappa shape index (κ1) is 9.97. The van der Waals surface area contributed by atoms with E-state index in [-0.39, 0.29) is 11.8 Å². The Hall–Kier alpha value is -0.570. The third-order valence-electron chi connectivity index (χ3n) is 3.53. The van der Waals surface area contributed by atoms with Crippen LogP contribution in [0.5, 0.6) is 0 Å². The Labute approximate surface area is 84.9 Å². The van der Waals surface area contributed by atoms with Crippen LogP contribution >= 0.6 is 0 Å². The van der Waals surface area contributed by atoms with Gasteiger partial charge in [0.1, 0.15) is 0 Å². The van der Waals surface area contributed by atoms with Crippen molar-refractivity contribution in [1.29, 1.82) is 0 Å². The van der Waals surface area contributed by atoms with Crippen molar-refractivity contribution in [2.75, 3.05) is 6.54 Å². The molecule has 2 rings (SSSR count). The van der Waals surface area contributed by atoms with Gasteiger partial charge in [-0.1, -0.05) is 12.8 Å². The van der Waals surface area contributed by atoms with Gasteiger partial charge in [-0.15, -0.1) is 0 Å². The summed E-state index contributed by atoms with van der Waals surface area (Å²) in [5.41, 5.74) is 0. The molecule has 14 heavy (non-hydrogen) atoms. The molecule has 0 aliphatic heterocycles. The number of hydrogen-bond donors (Lipinski definition) is 2. The van der Waals surface area contributed by atoms with Crippen molar-refractivity contribution in [3.63, 3.8) is 0 Å². The number of amides is 1. The van der Waals surface area contributed by atoms with Gasteiger partial charge < -0.3 is 10.4 Å². The number of rotatable bonds is 3. The van der Waals surface area contributed by atoms with Crippen molar-refractivity contribution in [1.82, 2.24) is 5.32 Å². The van der Waals surface area contributed by atoms with E-state index in [2.05, 4.69) is 5.32 Å². The monoisotopic (exact) mass is 197 g/mol. The Kier molecular flexibility index (Phi) is 2.77. The summed E-state index contributed by atoms with van der Waals surface area (Å²) < 4.78 is 0. The summed E-state index contributed by atoms with van der Waals surface area (Å²) in [7, 11) is 0. The van der Waals surface area contributed by atoms with Gasteiger partial charge in [-0.3, -0.25) is 4.79 Å². The van der Waals surface area contributed by atoms with Crippen molar-refractivity contribution in [2.24, 2.45) is 17.8 Å². The summed E-state index contributed by atoms with van der Waals surface area (Å²) >= 11 is 0. The van der Waals surface area contributed by atoms with Gasteiger partial charge in [-0.25, -0.2) is 0 Å². The maximum absolute atomic E-state index is 11.7. The molecule has 3 nitrogen and oxygen atoms in total. The summed E-state index contributed by atoms with van der Waals surface area (Å²) in [5, 5.41) is 11.9. The van der Waals surface area contributed by atoms with Gasteiger partial charge >= 0.3 is 0 Å². The fraction of sp³-hybridized carbons (Fsp3) is 0.909. The number of aliphatic hydroxyl groups is 1. The average Bonchev–Trinajstić information content (AvgIpc) is 2.88. The fourth-order valence-corrected chi connectivity index (χ4v) is 2.75. The minimum atomic E-state index is -0.431. The van der Waals surface area contributed by atoms with Crippen LogP contribution < -0.4 is 5.32 Å². The van der Waals surface area contributed by atoms with Crippen molar-refractivity contribution < 1.29 is 9.90 Å². The lowest BCUT2D eigenvalue weighted by molar-refractivity contribution is -0.123. The van der Waals surface area contributed by atoms with Crippen molar-refractivity contribution in [3.05, 3.63) is 0 Å². The second-order valence-electron chi connectivity index (χ2n) is 4.73. The highest BCUT2D eigenvalue weighted by Crippen LogP contribution is 2.55. The second kappa shape index (κ2) is 3.89. The third kappa shape index (κ3) is 1.92. The number of carbonyl (C=O) groups excluding carboxylic acids is 1. The van der Waals surface area contributed by atoms with E-state index in [1.165, 1.54) is 25.7 Å². The minimum Gasteiger partial charge on any atom is -0.392 e. The van der Waals surface area contributed by atoms with Crippen LogP contribution in [0.25, 0.3) is 0 Å². The molecule has 2 saturated carbocycles. The highest BCUT2D eigenvalue weighted by atomic mass is 16.3. The van der Waals surface area contributed by atoms with Crippen LogP contribution in [-0.4, -0.2) is 23.7 Å². The van der Waals surface area contributed by atoms with E-state index >= 15 is 0 Å². The molecule has 0 aromatic carbocycles. The zero-order chi connectivity index (χ0) is 10.1. The number of aliphatic hydroxyl groups excluding tert-OH is 1. The first-order valence-electron chi connectivity index (χ1n) is 5.66. The molecule has 0 heterocycles. The van der Waals surface area contributed by atoms with Crippen LogP contribution in [0.3, 0.4) is 0 Å². The van der Waals surface area contributed by atoms with E-state index in [1.807, 2.05) is 0 Å². The lowest BCUT2D eigenvalue weighted by atomic mass is 10.0. The van der Waals surface area contributed by atoms with E-state index in [0.29, 0.717) is 18.4 Å². The Morgan fingerprint density at radius 3 is 2.50 bits per heavy atom. The van der Waals surface area contributed by atoms with Crippen molar-refractivity contribution in [2.45, 2.75) is 38.7 Å². The molecule has 3 atom stereocenters. The second-order valence-corrected chi connectivity index (χ2v) is 4.73. The number of hydrogen-bond acceptors (Lipinski definition) is 2. The van der Waals surface area contributed by atoms with Gasteiger partial charge in [0.25, 0.3) is 0 Å². The molecule has 2 N–H and O–H groups in total. The van der Waals surface area contributed by atoms with Crippen LogP contribution in [-0.2, 0) is 4.79 Å². The summed E-state index contributed by atoms with van der Waals surface area (Å²) in [5.74, 6) is 1.77. The predicted molar refractivity (Wildman–Crippen MR) is 53.6 cm³/mol. The van der Waals surface area contributed by atoms with E-state index in [4.69, 9.17) is 5.11 Å². The highest BCUT2D eigenvalue weighted by Gasteiger charge is 2.54. The van der Waals surface area contributed by atoms with Gasteiger partial charge in [-0.2, -0.15) is 0 Å². The molecular weight excluding hydrogens is 178 g/mol. The smallest absolute Gasteiger partial charge is 0.223 e. The van der Waals surface area contributed by atoms with E-state index in [1.54, 1.807) is 6.92 Å². The topological polar surface area (TPSA) is 49.3 Å². The summed E-state index contributed by atoms with van der Waals surface area (Å²) in [6.45, 7) is 2.09. The molecule has 0 spiro atoms. The number of carbonyl (C=O) groups is 1. The van der Waals surface area contributed by atoms with Crippen LogP contribution in [0.1, 0.15) is 32.6 Å². The molecule has 0 bridgehead atoms. The van der Waals surface area contributed by atoms with Crippen molar-refractivity contribution in [3.8, 4) is 0 Å². The van der Waals surface area contributed by atoms with Gasteiger partial charge in [-0.05, 0) is 31.6 Å². The zero-order valence-electron chi connectivity index (χ0n) is 8.70. The Morgan fingerprint density at radius 2 is 2.00 bits per heavy atom. The first-order chi connectivity index (χ1) is 6.70. The van der Waals surface area contributed by atoms with Crippen LogP contribution in [0.4, 0.5) is 0 Å². The van der Waals surface area contributed by atoms with E-state index < -0.39 is 6.10 Å². The van der Waals surface area contributed by atoms with Crippen LogP contribution in [0.2, 0.25) is 0 Å². The van der Waals surface area contributed by atoms with Crippen molar-refractivity contribution >= 4 is 5.91 Å². The molecule has 80 valence electrons. The van der Waals surface area contributed by atoms with Gasteiger partial charge in [0.2, 0.25) is 5.91 Å². The lowest BCUT2D eigenvalue weighted by Crippen LogP contribution is -2.32. The zero-order valence-corrected chi connectivity index (χ0v) is 8.70. The molecule has 3 heteroatoms. The van der Waals surface area contributed by atoms with E-state index in [0.717, 1.165) is 0 Å². The molecule has 0 radical (unpaired) electrons. The summed E-state index contributed by atoms with van der Waals surface area (Å²) in [6.07, 6.45) is 4.62. The van der Waals surface area contributed by atoms with E-state index in [9.17, 15) is 4.79 Å². The van der Waals surface area contributed by atoms with Gasteiger partial charge in [0.15, 0.2) is 0 Å². The SMILES string of the molecule is C[C@H](O)CNC(=O)C1C2CCCCC21. The molecule has 2 aliphatic carbocycles. The Morgan fingerprint density at radius 1 is 1.43 bits per heavy atom. The molecular formula is C11H19NO2. The average molecular weight is 197 g/mol. The standard InChI is InChI=1S/C11H19NO2/c1-7(13)6-12-11(14)10-8-4-2-3-5-9(8)10/h7-10,13H,2-6H2,1H3,(H,12,14)/t7-,8?,9?,10?/m0/s1. The molecule has 1 amide bonds. The summed E-state index contributed by atoms with van der Waals surface area (Å²) in [6, 6.07) is 0. The molecule has 2 fully saturated rings. The molecule has 0 aromatic heterocycles. The summed E-state index contributed by atoms with van der Waals surface area (Å²) in [4.78, 5) is 11.7. The quantitative estimate of drug-likeness (QED) is 0.707. The fourth-order valence-electron chi connectivity index (χ4n) is 2.75. The largest absolute Gasteiger partial charge is 0.392 e. The number of nitrogens with one attached hydrogen (secondary N) is 1. The maximum atomic E-state index is 11.7. The number of fused-ring (bicyclic) bond motifs is 1. The highest BCUT2D eigenvalue weighted by molar-refractivity contribution is 5.82. The Bertz CT molecular complexity index is 215. The van der Waals surface area contributed by atoms with Gasteiger partial charge in [0.05, 0.1) is 6.10 Å². The van der Waals surface area contributed by atoms with Gasteiger partial charge in [0, 0.05) is 12.5 Å². The van der Waals surface area contributed by atoms with Crippen LogP contribution in [0, 0.1) is 17.8 Å². The molecule has 2 aliphatic rings. The Balaban J connectivity index is 1.77. The normalized spacial score (nSPS) is 37.1. The predicted octanol–water partition coefficient (Wildman–Crippen LogP) is 0.920. The third-order valence-corrected chi connectivity index (χ3v) is 3.53. The minimum absolute atomic E-state index is 0.169. The first-order valence-corrected chi connectivity index (χ1v) is 5.66. The molecule has 2 unspecified atom stereocenters. The molecule has 0 saturated heterocycles. The molecule has 0 aromatic rings. The maximum Gasteiger partial charge on any atom is 0.223 e. The van der Waals surface area contributed by atoms with Crippen LogP contribution in [0.15, 0.2) is 0 Å². The lowest BCUT2D eigenvalue weighted by Gasteiger charge is -2.06.